The molecule has 0 aliphatic rings. The van der Waals surface area contributed by atoms with Crippen molar-refractivity contribution in [2.75, 3.05) is 0 Å². The van der Waals surface area contributed by atoms with Crippen molar-refractivity contribution in [3.05, 3.63) is 29.3 Å². The summed E-state index contributed by atoms with van der Waals surface area (Å²) in [7, 11) is 0. The Morgan fingerprint density at radius 1 is 1.59 bits per heavy atom. The molecule has 0 bridgehead atoms. The first-order valence-corrected chi connectivity index (χ1v) is 5.56. The van der Waals surface area contributed by atoms with Gasteiger partial charge >= 0.3 is 0 Å². The number of rotatable bonds is 4. The smallest absolute Gasteiger partial charge is 0.255 e. The van der Waals surface area contributed by atoms with Gasteiger partial charge in [-0.05, 0) is 25.5 Å². The van der Waals surface area contributed by atoms with Crippen LogP contribution in [0.5, 0.6) is 5.75 Å². The maximum atomic E-state index is 11.9. The van der Waals surface area contributed by atoms with Gasteiger partial charge in [0.05, 0.1) is 18.1 Å². The summed E-state index contributed by atoms with van der Waals surface area (Å²) in [6.07, 6.45) is 0.959. The normalized spacial score (nSPS) is 11.6. The van der Waals surface area contributed by atoms with E-state index in [9.17, 15) is 9.90 Å². The summed E-state index contributed by atoms with van der Waals surface area (Å²) in [6.45, 7) is 3.75. The van der Waals surface area contributed by atoms with Crippen molar-refractivity contribution in [1.82, 2.24) is 5.32 Å². The first-order chi connectivity index (χ1) is 8.08. The standard InChI is InChI=1S/C13H16N2O2/c1-3-10(6-7-14)15-13(17)11-8-9(2)4-5-12(11)16/h4-5,8,10,16H,3,6H2,1-2H3,(H,15,17). The number of nitrogens with zero attached hydrogens (tertiary/aromatic N) is 1. The van der Waals surface area contributed by atoms with Crippen LogP contribution in [0.15, 0.2) is 18.2 Å². The third kappa shape index (κ3) is 3.49. The number of amides is 1. The van der Waals surface area contributed by atoms with Crippen LogP contribution in [0.2, 0.25) is 0 Å². The number of benzene rings is 1. The van der Waals surface area contributed by atoms with Gasteiger partial charge in [0.2, 0.25) is 0 Å². The van der Waals surface area contributed by atoms with Crippen LogP contribution in [0.1, 0.15) is 35.7 Å². The molecule has 0 spiro atoms. The summed E-state index contributed by atoms with van der Waals surface area (Å²) in [4.78, 5) is 11.9. The number of hydrogen-bond donors (Lipinski definition) is 2. The van der Waals surface area contributed by atoms with Crippen molar-refractivity contribution in [2.24, 2.45) is 0 Å². The highest BCUT2D eigenvalue weighted by molar-refractivity contribution is 5.97. The molecule has 17 heavy (non-hydrogen) atoms. The lowest BCUT2D eigenvalue weighted by Crippen LogP contribution is -2.34. The molecule has 0 aliphatic heterocycles. The minimum absolute atomic E-state index is 0.0417. The third-order valence-electron chi connectivity index (χ3n) is 2.56. The minimum atomic E-state index is -0.340. The second-order valence-electron chi connectivity index (χ2n) is 3.96. The van der Waals surface area contributed by atoms with Crippen molar-refractivity contribution in [3.8, 4) is 11.8 Å². The zero-order valence-corrected chi connectivity index (χ0v) is 10.0. The fourth-order valence-electron chi connectivity index (χ4n) is 1.50. The number of aromatic hydroxyl groups is 1. The van der Waals surface area contributed by atoms with E-state index in [1.165, 1.54) is 6.07 Å². The molecule has 1 aromatic rings. The highest BCUT2D eigenvalue weighted by Crippen LogP contribution is 2.18. The van der Waals surface area contributed by atoms with Gasteiger partial charge in [-0.1, -0.05) is 18.6 Å². The number of carbonyl (C=O) groups is 1. The predicted octanol–water partition coefficient (Wildman–Crippen LogP) is 2.12. The molecule has 1 rings (SSSR count). The van der Waals surface area contributed by atoms with Gasteiger partial charge in [-0.25, -0.2) is 0 Å². The average molecular weight is 232 g/mol. The topological polar surface area (TPSA) is 73.1 Å². The van der Waals surface area contributed by atoms with Crippen molar-refractivity contribution < 1.29 is 9.90 Å². The van der Waals surface area contributed by atoms with Gasteiger partial charge in [-0.2, -0.15) is 5.26 Å². The number of aryl methyl sites for hydroxylation is 1. The van der Waals surface area contributed by atoms with Gasteiger partial charge in [-0.3, -0.25) is 4.79 Å². The van der Waals surface area contributed by atoms with Crippen LogP contribution in [0.3, 0.4) is 0 Å². The van der Waals surface area contributed by atoms with Gasteiger partial charge in [0, 0.05) is 6.04 Å². The molecule has 0 fully saturated rings. The SMILES string of the molecule is CCC(CC#N)NC(=O)c1cc(C)ccc1O. The maximum Gasteiger partial charge on any atom is 0.255 e. The van der Waals surface area contributed by atoms with Gasteiger partial charge in [0.25, 0.3) is 5.91 Å². The Hall–Kier alpha value is -2.02. The molecule has 1 atom stereocenters. The average Bonchev–Trinajstić information content (AvgIpc) is 2.31. The van der Waals surface area contributed by atoms with E-state index in [2.05, 4.69) is 5.32 Å². The van der Waals surface area contributed by atoms with Crippen molar-refractivity contribution in [2.45, 2.75) is 32.7 Å². The van der Waals surface area contributed by atoms with Gasteiger partial charge in [-0.15, -0.1) is 0 Å². The second-order valence-corrected chi connectivity index (χ2v) is 3.96. The fraction of sp³-hybridized carbons (Fsp3) is 0.385. The molecular formula is C13H16N2O2. The molecule has 0 aromatic heterocycles. The summed E-state index contributed by atoms with van der Waals surface area (Å²) in [5, 5.41) is 20.9. The Balaban J connectivity index is 2.82. The van der Waals surface area contributed by atoms with Crippen LogP contribution in [-0.2, 0) is 0 Å². The number of phenolic OH excluding ortho intramolecular Hbond substituents is 1. The van der Waals surface area contributed by atoms with Crippen LogP contribution in [-0.4, -0.2) is 17.1 Å². The highest BCUT2D eigenvalue weighted by atomic mass is 16.3. The molecule has 0 saturated heterocycles. The van der Waals surface area contributed by atoms with E-state index < -0.39 is 0 Å². The molecule has 90 valence electrons. The zero-order chi connectivity index (χ0) is 12.8. The Morgan fingerprint density at radius 3 is 2.88 bits per heavy atom. The lowest BCUT2D eigenvalue weighted by molar-refractivity contribution is 0.0934. The van der Waals surface area contributed by atoms with Crippen LogP contribution in [0.25, 0.3) is 0 Å². The van der Waals surface area contributed by atoms with E-state index in [1.807, 2.05) is 19.9 Å². The number of nitriles is 1. The minimum Gasteiger partial charge on any atom is -0.507 e. The Bertz CT molecular complexity index is 449. The maximum absolute atomic E-state index is 11.9. The number of carbonyl (C=O) groups excluding carboxylic acids is 1. The molecule has 0 saturated carbocycles. The zero-order valence-electron chi connectivity index (χ0n) is 10.0. The molecule has 0 aliphatic carbocycles. The van der Waals surface area contributed by atoms with E-state index in [0.717, 1.165) is 5.56 Å². The first-order valence-electron chi connectivity index (χ1n) is 5.56. The van der Waals surface area contributed by atoms with Gasteiger partial charge in [0.1, 0.15) is 5.75 Å². The van der Waals surface area contributed by atoms with Gasteiger partial charge in [0.15, 0.2) is 0 Å². The Morgan fingerprint density at radius 2 is 2.29 bits per heavy atom. The monoisotopic (exact) mass is 232 g/mol. The second kappa shape index (κ2) is 5.90. The molecule has 1 aromatic carbocycles. The third-order valence-corrected chi connectivity index (χ3v) is 2.56. The molecule has 2 N–H and O–H groups in total. The fourth-order valence-corrected chi connectivity index (χ4v) is 1.50. The van der Waals surface area contributed by atoms with E-state index >= 15 is 0 Å². The van der Waals surface area contributed by atoms with E-state index in [0.29, 0.717) is 6.42 Å². The Labute approximate surface area is 101 Å². The molecule has 4 nitrogen and oxygen atoms in total. The van der Waals surface area contributed by atoms with Crippen LogP contribution in [0, 0.1) is 18.3 Å². The van der Waals surface area contributed by atoms with Crippen molar-refractivity contribution >= 4 is 5.91 Å². The summed E-state index contributed by atoms with van der Waals surface area (Å²) >= 11 is 0. The Kier molecular flexibility index (Phi) is 4.53. The first kappa shape index (κ1) is 13.0. The molecule has 0 heterocycles. The molecule has 0 radical (unpaired) electrons. The largest absolute Gasteiger partial charge is 0.507 e. The summed E-state index contributed by atoms with van der Waals surface area (Å²) in [5.41, 5.74) is 1.16. The van der Waals surface area contributed by atoms with Crippen molar-refractivity contribution in [1.29, 1.82) is 5.26 Å². The van der Waals surface area contributed by atoms with Gasteiger partial charge < -0.3 is 10.4 Å². The van der Waals surface area contributed by atoms with Crippen LogP contribution < -0.4 is 5.32 Å². The van der Waals surface area contributed by atoms with E-state index in [4.69, 9.17) is 5.26 Å². The summed E-state index contributed by atoms with van der Waals surface area (Å²) < 4.78 is 0. The summed E-state index contributed by atoms with van der Waals surface area (Å²) in [5.74, 6) is -0.381. The number of nitrogens with one attached hydrogen (secondary N) is 1. The highest BCUT2D eigenvalue weighted by Gasteiger charge is 2.15. The predicted molar refractivity (Wildman–Crippen MR) is 64.6 cm³/mol. The quantitative estimate of drug-likeness (QED) is 0.835. The molecule has 1 unspecified atom stereocenters. The summed E-state index contributed by atoms with van der Waals surface area (Å²) in [6, 6.07) is 6.71. The lowest BCUT2D eigenvalue weighted by atomic mass is 10.1. The van der Waals surface area contributed by atoms with E-state index in [1.54, 1.807) is 12.1 Å². The molecular weight excluding hydrogens is 216 g/mol. The van der Waals surface area contributed by atoms with Crippen LogP contribution in [0.4, 0.5) is 0 Å². The molecule has 1 amide bonds. The van der Waals surface area contributed by atoms with E-state index in [-0.39, 0.29) is 29.7 Å². The molecule has 4 heteroatoms. The van der Waals surface area contributed by atoms with Crippen LogP contribution >= 0.6 is 0 Å². The number of phenols is 1. The van der Waals surface area contributed by atoms with Crippen molar-refractivity contribution in [3.63, 3.8) is 0 Å². The number of hydrogen-bond acceptors (Lipinski definition) is 3. The lowest BCUT2D eigenvalue weighted by Gasteiger charge is -2.14.